The Hall–Kier alpha value is -2.26. The van der Waals surface area contributed by atoms with Gasteiger partial charge < -0.3 is 23.4 Å². The maximum absolute atomic E-state index is 13.5. The average molecular weight is 456 g/mol. The number of allylic oxidation sites excluding steroid dienone is 1. The van der Waals surface area contributed by atoms with Crippen LogP contribution in [-0.2, 0) is 27.9 Å². The Morgan fingerprint density at radius 2 is 1.77 bits per heavy atom. The molecule has 31 heavy (non-hydrogen) atoms. The predicted molar refractivity (Wildman–Crippen MR) is 114 cm³/mol. The lowest BCUT2D eigenvalue weighted by molar-refractivity contribution is -0.384. The van der Waals surface area contributed by atoms with Gasteiger partial charge in [0, 0.05) is 58.4 Å². The highest BCUT2D eigenvalue weighted by Crippen LogP contribution is 2.63. The maximum Gasteiger partial charge on any atom is 0.361 e. The van der Waals surface area contributed by atoms with E-state index in [4.69, 9.17) is 18.5 Å². The Labute approximate surface area is 181 Å². The zero-order chi connectivity index (χ0) is 23.2. The summed E-state index contributed by atoms with van der Waals surface area (Å²) in [6.45, 7) is 6.62. The van der Waals surface area contributed by atoms with Crippen molar-refractivity contribution in [3.05, 3.63) is 51.0 Å². The molecule has 0 radical (unpaired) electrons. The van der Waals surface area contributed by atoms with Crippen LogP contribution in [0.25, 0.3) is 0 Å². The van der Waals surface area contributed by atoms with Gasteiger partial charge in [-0.1, -0.05) is 12.1 Å². The van der Waals surface area contributed by atoms with Crippen molar-refractivity contribution >= 4 is 19.2 Å². The fraction of sp³-hybridized carbons (Fsp3) is 0.550. The fourth-order valence-corrected chi connectivity index (χ4v) is 5.09. The molecule has 0 aromatic heterocycles. The zero-order valence-electron chi connectivity index (χ0n) is 18.4. The normalized spacial score (nSPS) is 19.1. The van der Waals surface area contributed by atoms with E-state index in [0.29, 0.717) is 25.3 Å². The summed E-state index contributed by atoms with van der Waals surface area (Å²) in [6, 6.07) is 5.83. The number of carbonyl (C=O) groups is 1. The summed E-state index contributed by atoms with van der Waals surface area (Å²) < 4.78 is 35.5. The molecule has 0 saturated carbocycles. The van der Waals surface area contributed by atoms with Gasteiger partial charge in [-0.2, -0.15) is 0 Å². The van der Waals surface area contributed by atoms with Crippen LogP contribution in [0.4, 0.5) is 5.69 Å². The lowest BCUT2D eigenvalue weighted by atomic mass is 9.92. The van der Waals surface area contributed by atoms with Crippen molar-refractivity contribution < 1.29 is 32.8 Å². The molecule has 2 rings (SSSR count). The Morgan fingerprint density at radius 1 is 1.19 bits per heavy atom. The van der Waals surface area contributed by atoms with Crippen molar-refractivity contribution in [3.63, 3.8) is 0 Å². The van der Waals surface area contributed by atoms with E-state index in [1.165, 1.54) is 31.3 Å². The van der Waals surface area contributed by atoms with Crippen LogP contribution in [0.2, 0.25) is 0 Å². The molecule has 10 nitrogen and oxygen atoms in total. The van der Waals surface area contributed by atoms with Gasteiger partial charge in [0.1, 0.15) is 0 Å². The molecular weight excluding hydrogens is 427 g/mol. The summed E-state index contributed by atoms with van der Waals surface area (Å²) in [6.07, 6.45) is -0.544. The molecule has 0 spiro atoms. The second-order valence-corrected chi connectivity index (χ2v) is 8.90. The van der Waals surface area contributed by atoms with Gasteiger partial charge in [-0.05, 0) is 26.3 Å². The van der Waals surface area contributed by atoms with Gasteiger partial charge in [0.25, 0.3) is 11.6 Å². The first kappa shape index (κ1) is 25.0. The number of carbonyl (C=O) groups excluding carboxylic acids is 1. The molecule has 1 aromatic rings. The molecule has 0 fully saturated rings. The van der Waals surface area contributed by atoms with Crippen molar-refractivity contribution in [1.82, 2.24) is 4.90 Å². The van der Waals surface area contributed by atoms with Crippen LogP contribution in [0.15, 0.2) is 35.3 Å². The van der Waals surface area contributed by atoms with Gasteiger partial charge in [0.15, 0.2) is 5.76 Å². The number of non-ortho nitro benzene ring substituents is 1. The minimum Gasteiger partial charge on any atom is -0.458 e. The van der Waals surface area contributed by atoms with Gasteiger partial charge in [-0.15, -0.1) is 0 Å². The minimum atomic E-state index is -3.91. The first-order valence-corrected chi connectivity index (χ1v) is 11.6. The van der Waals surface area contributed by atoms with Crippen LogP contribution in [-0.4, -0.2) is 55.9 Å². The maximum atomic E-state index is 13.5. The van der Waals surface area contributed by atoms with E-state index < -0.39 is 30.6 Å². The molecule has 1 aromatic carbocycles. The van der Waals surface area contributed by atoms with Gasteiger partial charge in [0.05, 0.1) is 10.2 Å². The van der Waals surface area contributed by atoms with Crippen LogP contribution >= 0.6 is 7.60 Å². The van der Waals surface area contributed by atoms with E-state index >= 15 is 0 Å². The summed E-state index contributed by atoms with van der Waals surface area (Å²) in [5, 5.41) is 11.1. The number of amides is 1. The SMILES string of the molecule is CCO[C@@H]1C[C@@H](c2ccc([N+](=O)[O-])cc2)C(P(=O)(OC)OC)=C(C(=O)N(CC)CC)O1. The van der Waals surface area contributed by atoms with Gasteiger partial charge >= 0.3 is 7.60 Å². The van der Waals surface area contributed by atoms with Crippen LogP contribution < -0.4 is 0 Å². The molecule has 11 heteroatoms. The van der Waals surface area contributed by atoms with Crippen molar-refractivity contribution in [3.8, 4) is 0 Å². The molecule has 0 saturated heterocycles. The van der Waals surface area contributed by atoms with Crippen molar-refractivity contribution in [2.75, 3.05) is 33.9 Å². The van der Waals surface area contributed by atoms with Crippen LogP contribution in [0.5, 0.6) is 0 Å². The molecule has 172 valence electrons. The lowest BCUT2D eigenvalue weighted by Crippen LogP contribution is -2.38. The van der Waals surface area contributed by atoms with E-state index in [1.807, 2.05) is 13.8 Å². The molecule has 1 aliphatic rings. The highest BCUT2D eigenvalue weighted by atomic mass is 31.2. The van der Waals surface area contributed by atoms with Crippen LogP contribution in [0.1, 0.15) is 38.7 Å². The van der Waals surface area contributed by atoms with Gasteiger partial charge in [0.2, 0.25) is 6.29 Å². The number of nitrogens with zero attached hydrogens (tertiary/aromatic N) is 2. The first-order valence-electron chi connectivity index (χ1n) is 10.0. The number of nitro groups is 1. The molecule has 0 N–H and O–H groups in total. The Morgan fingerprint density at radius 3 is 2.23 bits per heavy atom. The topological polar surface area (TPSA) is 117 Å². The lowest BCUT2D eigenvalue weighted by Gasteiger charge is -2.36. The average Bonchev–Trinajstić information content (AvgIpc) is 2.79. The summed E-state index contributed by atoms with van der Waals surface area (Å²) >= 11 is 0. The number of benzene rings is 1. The molecule has 2 atom stereocenters. The Bertz CT molecular complexity index is 858. The Balaban J connectivity index is 2.72. The van der Waals surface area contributed by atoms with Gasteiger partial charge in [-0.25, -0.2) is 0 Å². The minimum absolute atomic E-state index is 0.0798. The molecule has 0 bridgehead atoms. The molecular formula is C20H29N2O8P. The molecule has 1 aliphatic heterocycles. The summed E-state index contributed by atoms with van der Waals surface area (Å²) in [4.78, 5) is 25.4. The first-order chi connectivity index (χ1) is 14.8. The van der Waals surface area contributed by atoms with Gasteiger partial charge in [-0.3, -0.25) is 19.5 Å². The second-order valence-electron chi connectivity index (χ2n) is 6.69. The van der Waals surface area contributed by atoms with E-state index in [9.17, 15) is 19.5 Å². The van der Waals surface area contributed by atoms with Crippen molar-refractivity contribution in [2.45, 2.75) is 39.4 Å². The number of nitro benzene ring substituents is 1. The third kappa shape index (κ3) is 5.33. The molecule has 0 unspecified atom stereocenters. The smallest absolute Gasteiger partial charge is 0.361 e. The van der Waals surface area contributed by atoms with Crippen molar-refractivity contribution in [2.24, 2.45) is 0 Å². The summed E-state index contributed by atoms with van der Waals surface area (Å²) in [5.74, 6) is -1.22. The quantitative estimate of drug-likeness (QED) is 0.294. The van der Waals surface area contributed by atoms with Crippen LogP contribution in [0, 0.1) is 10.1 Å². The summed E-state index contributed by atoms with van der Waals surface area (Å²) in [7, 11) is -1.44. The van der Waals surface area contributed by atoms with E-state index in [2.05, 4.69) is 0 Å². The van der Waals surface area contributed by atoms with Crippen molar-refractivity contribution in [1.29, 1.82) is 0 Å². The predicted octanol–water partition coefficient (Wildman–Crippen LogP) is 4.03. The number of likely N-dealkylation sites (N-methyl/N-ethyl adjacent to an activating group) is 1. The number of hydrogen-bond donors (Lipinski definition) is 0. The molecule has 1 amide bonds. The third-order valence-electron chi connectivity index (χ3n) is 5.12. The summed E-state index contributed by atoms with van der Waals surface area (Å²) in [5.41, 5.74) is 0.525. The highest BCUT2D eigenvalue weighted by Gasteiger charge is 2.46. The Kier molecular flexibility index (Phi) is 8.76. The standard InChI is InChI=1S/C20H29N2O8P/c1-6-21(7-2)20(23)18-19(31(26,27-4)28-5)16(13-17(30-18)29-8-3)14-9-11-15(12-10-14)22(24)25/h9-12,16-17H,6-8,13H2,1-5H3/t16-,17-/m0/s1. The number of ether oxygens (including phenoxy) is 2. The highest BCUT2D eigenvalue weighted by molar-refractivity contribution is 7.58. The molecule has 0 aliphatic carbocycles. The van der Waals surface area contributed by atoms with E-state index in [0.717, 1.165) is 0 Å². The number of hydrogen-bond acceptors (Lipinski definition) is 8. The van der Waals surface area contributed by atoms with Crippen LogP contribution in [0.3, 0.4) is 0 Å². The molecule has 1 heterocycles. The largest absolute Gasteiger partial charge is 0.458 e. The number of rotatable bonds is 10. The van der Waals surface area contributed by atoms with E-state index in [-0.39, 0.29) is 23.2 Å². The monoisotopic (exact) mass is 456 g/mol. The zero-order valence-corrected chi connectivity index (χ0v) is 19.3. The van der Waals surface area contributed by atoms with E-state index in [1.54, 1.807) is 19.1 Å². The fourth-order valence-electron chi connectivity index (χ4n) is 3.51. The second kappa shape index (κ2) is 10.9. The third-order valence-corrected chi connectivity index (χ3v) is 7.19.